The van der Waals surface area contributed by atoms with Crippen LogP contribution in [0.5, 0.6) is 5.75 Å². The maximum atomic E-state index is 5.96. The van der Waals surface area contributed by atoms with E-state index in [1.165, 1.54) is 0 Å². The van der Waals surface area contributed by atoms with Gasteiger partial charge in [-0.2, -0.15) is 0 Å². The summed E-state index contributed by atoms with van der Waals surface area (Å²) in [4.78, 5) is 4.19. The van der Waals surface area contributed by atoms with Gasteiger partial charge in [0.2, 0.25) is 0 Å². The van der Waals surface area contributed by atoms with Crippen LogP contribution in [0, 0.1) is 0 Å². The second kappa shape index (κ2) is 4.93. The van der Waals surface area contributed by atoms with Crippen molar-refractivity contribution < 1.29 is 9.47 Å². The van der Waals surface area contributed by atoms with Crippen molar-refractivity contribution in [2.45, 2.75) is 19.1 Å². The topological polar surface area (TPSA) is 57.4 Å². The third kappa shape index (κ3) is 2.21. The lowest BCUT2D eigenvalue weighted by atomic mass is 10.1. The highest BCUT2D eigenvalue weighted by Gasteiger charge is 2.19. The molecule has 0 fully saturated rings. The number of hydrogen-bond donors (Lipinski definition) is 1. The Kier molecular flexibility index (Phi) is 3.85. The van der Waals surface area contributed by atoms with Gasteiger partial charge in [0.15, 0.2) is 0 Å². The van der Waals surface area contributed by atoms with Gasteiger partial charge in [-0.25, -0.2) is 0 Å². The summed E-state index contributed by atoms with van der Waals surface area (Å²) in [5.74, 6) is 0.698. The number of nitrogens with zero attached hydrogens (tertiary/aromatic N) is 1. The molecule has 0 aromatic carbocycles. The van der Waals surface area contributed by atoms with Crippen LogP contribution in [0.1, 0.15) is 18.7 Å². The highest BCUT2D eigenvalue weighted by atomic mass is 16.5. The van der Waals surface area contributed by atoms with E-state index < -0.39 is 0 Å². The summed E-state index contributed by atoms with van der Waals surface area (Å²) in [6.07, 6.45) is 1.61. The number of rotatable bonds is 4. The molecule has 14 heavy (non-hydrogen) atoms. The average molecular weight is 196 g/mol. The molecule has 0 bridgehead atoms. The van der Waals surface area contributed by atoms with Crippen molar-refractivity contribution in [3.63, 3.8) is 0 Å². The molecular weight excluding hydrogens is 180 g/mol. The molecule has 2 atom stereocenters. The predicted molar refractivity (Wildman–Crippen MR) is 54.2 cm³/mol. The van der Waals surface area contributed by atoms with Crippen molar-refractivity contribution in [1.29, 1.82) is 0 Å². The van der Waals surface area contributed by atoms with Crippen molar-refractivity contribution in [2.24, 2.45) is 5.73 Å². The van der Waals surface area contributed by atoms with E-state index in [0.717, 1.165) is 5.69 Å². The smallest absolute Gasteiger partial charge is 0.142 e. The van der Waals surface area contributed by atoms with Crippen LogP contribution >= 0.6 is 0 Å². The van der Waals surface area contributed by atoms with Crippen LogP contribution in [0.2, 0.25) is 0 Å². The second-order valence-corrected chi connectivity index (χ2v) is 3.06. The first-order valence-electron chi connectivity index (χ1n) is 4.48. The Hall–Kier alpha value is -1.13. The number of nitrogens with two attached hydrogens (primary N) is 1. The Labute approximate surface area is 84.0 Å². The summed E-state index contributed by atoms with van der Waals surface area (Å²) < 4.78 is 10.3. The van der Waals surface area contributed by atoms with Crippen molar-refractivity contribution in [2.75, 3.05) is 14.2 Å². The van der Waals surface area contributed by atoms with Crippen LogP contribution in [0.3, 0.4) is 0 Å². The zero-order valence-electron chi connectivity index (χ0n) is 8.73. The van der Waals surface area contributed by atoms with Crippen LogP contribution in [0.4, 0.5) is 0 Å². The van der Waals surface area contributed by atoms with E-state index in [9.17, 15) is 0 Å². The van der Waals surface area contributed by atoms with Gasteiger partial charge in [-0.3, -0.25) is 4.98 Å². The van der Waals surface area contributed by atoms with E-state index in [1.807, 2.05) is 19.1 Å². The quantitative estimate of drug-likeness (QED) is 0.784. The predicted octanol–water partition coefficient (Wildman–Crippen LogP) is 1.12. The van der Waals surface area contributed by atoms with Gasteiger partial charge in [-0.1, -0.05) is 0 Å². The summed E-state index contributed by atoms with van der Waals surface area (Å²) in [7, 11) is 3.23. The third-order valence-electron chi connectivity index (χ3n) is 2.21. The molecule has 0 saturated heterocycles. The van der Waals surface area contributed by atoms with E-state index in [2.05, 4.69) is 4.98 Å². The molecule has 0 radical (unpaired) electrons. The summed E-state index contributed by atoms with van der Waals surface area (Å²) >= 11 is 0. The van der Waals surface area contributed by atoms with E-state index in [-0.39, 0.29) is 12.1 Å². The number of hydrogen-bond acceptors (Lipinski definition) is 4. The van der Waals surface area contributed by atoms with E-state index in [4.69, 9.17) is 15.2 Å². The standard InChI is InChI=1S/C10H16N2O2/c1-7(13-2)9(11)10-8(14-3)5-4-6-12-10/h4-7,9H,11H2,1-3H3. The fourth-order valence-electron chi connectivity index (χ4n) is 1.19. The van der Waals surface area contributed by atoms with Gasteiger partial charge in [-0.05, 0) is 19.1 Å². The fourth-order valence-corrected chi connectivity index (χ4v) is 1.19. The normalized spacial score (nSPS) is 14.9. The Morgan fingerprint density at radius 2 is 2.14 bits per heavy atom. The Morgan fingerprint density at radius 1 is 1.43 bits per heavy atom. The first-order valence-corrected chi connectivity index (χ1v) is 4.48. The fraction of sp³-hybridized carbons (Fsp3) is 0.500. The molecule has 0 aliphatic rings. The lowest BCUT2D eigenvalue weighted by molar-refractivity contribution is 0.0935. The highest BCUT2D eigenvalue weighted by molar-refractivity contribution is 5.29. The van der Waals surface area contributed by atoms with Gasteiger partial charge >= 0.3 is 0 Å². The molecule has 1 aromatic heterocycles. The molecule has 1 aromatic rings. The summed E-state index contributed by atoms with van der Waals surface area (Å²) in [5, 5.41) is 0. The van der Waals surface area contributed by atoms with Crippen molar-refractivity contribution in [3.8, 4) is 5.75 Å². The maximum absolute atomic E-state index is 5.96. The highest BCUT2D eigenvalue weighted by Crippen LogP contribution is 2.23. The van der Waals surface area contributed by atoms with Gasteiger partial charge in [0.25, 0.3) is 0 Å². The average Bonchev–Trinajstić information content (AvgIpc) is 2.26. The minimum absolute atomic E-state index is 0.0844. The lowest BCUT2D eigenvalue weighted by Gasteiger charge is -2.19. The number of ether oxygens (including phenoxy) is 2. The van der Waals surface area contributed by atoms with Gasteiger partial charge in [0, 0.05) is 13.3 Å². The lowest BCUT2D eigenvalue weighted by Crippen LogP contribution is -2.26. The Morgan fingerprint density at radius 3 is 2.71 bits per heavy atom. The maximum Gasteiger partial charge on any atom is 0.142 e. The van der Waals surface area contributed by atoms with Crippen LogP contribution in [-0.4, -0.2) is 25.3 Å². The molecular formula is C10H16N2O2. The minimum atomic E-state index is -0.267. The molecule has 0 spiro atoms. The zero-order valence-corrected chi connectivity index (χ0v) is 8.73. The molecule has 0 saturated carbocycles. The Balaban J connectivity index is 2.93. The molecule has 4 nitrogen and oxygen atoms in total. The minimum Gasteiger partial charge on any atom is -0.495 e. The molecule has 2 unspecified atom stereocenters. The second-order valence-electron chi connectivity index (χ2n) is 3.06. The molecule has 1 heterocycles. The van der Waals surface area contributed by atoms with Crippen LogP contribution in [-0.2, 0) is 4.74 Å². The summed E-state index contributed by atoms with van der Waals surface area (Å²) in [5.41, 5.74) is 6.68. The van der Waals surface area contributed by atoms with Gasteiger partial charge in [0.05, 0.1) is 19.3 Å². The molecule has 1 rings (SSSR count). The van der Waals surface area contributed by atoms with Gasteiger partial charge < -0.3 is 15.2 Å². The van der Waals surface area contributed by atoms with E-state index in [0.29, 0.717) is 5.75 Å². The SMILES string of the molecule is COc1cccnc1C(N)C(C)OC. The largest absolute Gasteiger partial charge is 0.495 e. The van der Waals surface area contributed by atoms with Gasteiger partial charge in [-0.15, -0.1) is 0 Å². The van der Waals surface area contributed by atoms with Crippen LogP contribution in [0.25, 0.3) is 0 Å². The molecule has 0 amide bonds. The first kappa shape index (κ1) is 10.9. The number of pyridine rings is 1. The van der Waals surface area contributed by atoms with Crippen molar-refractivity contribution >= 4 is 0 Å². The molecule has 2 N–H and O–H groups in total. The molecule has 4 heteroatoms. The van der Waals surface area contributed by atoms with Crippen LogP contribution in [0.15, 0.2) is 18.3 Å². The van der Waals surface area contributed by atoms with Gasteiger partial charge in [0.1, 0.15) is 11.4 Å². The van der Waals surface area contributed by atoms with E-state index >= 15 is 0 Å². The first-order chi connectivity index (χ1) is 6.70. The van der Waals surface area contributed by atoms with Crippen molar-refractivity contribution in [1.82, 2.24) is 4.98 Å². The zero-order chi connectivity index (χ0) is 10.6. The van der Waals surface area contributed by atoms with Crippen LogP contribution < -0.4 is 10.5 Å². The molecule has 78 valence electrons. The van der Waals surface area contributed by atoms with Crippen molar-refractivity contribution in [3.05, 3.63) is 24.0 Å². The summed E-state index contributed by atoms with van der Waals surface area (Å²) in [6, 6.07) is 3.38. The third-order valence-corrected chi connectivity index (χ3v) is 2.21. The monoisotopic (exact) mass is 196 g/mol. The molecule has 0 aliphatic carbocycles. The number of methoxy groups -OCH3 is 2. The Bertz CT molecular complexity index is 291. The number of aromatic nitrogens is 1. The van der Waals surface area contributed by atoms with E-state index in [1.54, 1.807) is 20.4 Å². The molecule has 0 aliphatic heterocycles. The summed E-state index contributed by atoms with van der Waals surface area (Å²) in [6.45, 7) is 1.90.